The number of nitrogens with one attached hydrogen (secondary N) is 2. The average molecular weight is 1400 g/mol. The summed E-state index contributed by atoms with van der Waals surface area (Å²) < 4.78 is 45.9. The molecule has 3 aliphatic carbocycles. The summed E-state index contributed by atoms with van der Waals surface area (Å²) in [5.74, 6) is -2.45. The molecule has 0 radical (unpaired) electrons. The van der Waals surface area contributed by atoms with E-state index < -0.39 is 52.6 Å². The van der Waals surface area contributed by atoms with Crippen molar-refractivity contribution in [3.05, 3.63) is 38.0 Å². The number of aliphatic hydroxyl groups is 1. The average Bonchev–Trinajstić information content (AvgIpc) is 3.35. The Balaban J connectivity index is -0.00000163. The number of alkyl carbamates (subject to hydrolysis) is 2. The van der Waals surface area contributed by atoms with Crippen LogP contribution in [0, 0.1) is 44.0 Å². The third-order valence-corrected chi connectivity index (χ3v) is 12.9. The fourth-order valence-corrected chi connectivity index (χ4v) is 11.3. The van der Waals surface area contributed by atoms with Gasteiger partial charge < -0.3 is 53.6 Å². The van der Waals surface area contributed by atoms with E-state index in [1.54, 1.807) is 12.3 Å². The first kappa shape index (κ1) is 78.6. The van der Waals surface area contributed by atoms with Crippen LogP contribution in [0.4, 0.5) is 9.59 Å². The standard InChI is InChI=1S/C37H58N2O12.C12H18N2O2.C5H8O3.CH4.HI2P.H2O2/c1-9-28(40)46-15-17-48-30(42)11-13-36(7)21-26(19-34(3,4)23-36)38-32(44)50-25-51-33(45)39-27-20-35(5,6)24-37(8,22-27)14-12-31(43)49-18-16-47-29(41)10-2;1-11(2)4-10(16-8-13)5-12(3,6-11)7-14-9-15;1-2-5(7)8-4-3-6;;1-3-2;1-2/h9-10,26-27H,1-2,11-25H2,3-8H3,(H,38,44)(H,39,45);10H,4-7H2,1-3H3;2,6H,1,3-4H2;1H4;3H;1-2H/i;;;;3D;. The largest absolute Gasteiger partial charge is 0.462 e. The molecule has 5 N–H and O–H groups in total. The lowest BCUT2D eigenvalue weighted by Crippen LogP contribution is -2.48. The molecule has 0 bridgehead atoms. The van der Waals surface area contributed by atoms with Crippen molar-refractivity contribution >= 4 is 96.0 Å². The molecule has 0 aromatic rings. The number of halogens is 2. The second-order valence-corrected chi connectivity index (χ2v) is 31.5. The molecule has 6 atom stereocenters. The van der Waals surface area contributed by atoms with Gasteiger partial charge in [-0.2, -0.15) is 5.26 Å². The highest BCUT2D eigenvalue weighted by atomic mass is 127. The van der Waals surface area contributed by atoms with Crippen LogP contribution in [0.15, 0.2) is 43.0 Å². The van der Waals surface area contributed by atoms with E-state index >= 15 is 0 Å². The Bertz CT molecular complexity index is 2010. The molecule has 3 aliphatic rings. The summed E-state index contributed by atoms with van der Waals surface area (Å²) >= 11 is 4.12. The highest BCUT2D eigenvalue weighted by molar-refractivity contribution is 14.3. The fraction of sp³-hybridized carbons (Fsp3) is 0.727. The predicted octanol–water partition coefficient (Wildman–Crippen LogP) is 10.8. The smallest absolute Gasteiger partial charge is 0.410 e. The number of aliphatic hydroxyl groups excluding tert-OH is 1. The lowest BCUT2D eigenvalue weighted by atomic mass is 9.61. The van der Waals surface area contributed by atoms with Crippen molar-refractivity contribution in [3.8, 4) is 6.26 Å². The van der Waals surface area contributed by atoms with Crippen molar-refractivity contribution in [1.29, 1.82) is 6.54 Å². The lowest BCUT2D eigenvalue weighted by molar-refractivity contribution is -0.176. The van der Waals surface area contributed by atoms with Crippen LogP contribution >= 0.6 is 47.9 Å². The molecular weight excluding hydrogens is 1310 g/mol. The number of hydrogen-bond acceptors (Lipinski definition) is 21. The minimum absolute atomic E-state index is 0. The number of hydrogen-bond donors (Lipinski definition) is 5. The van der Waals surface area contributed by atoms with Crippen LogP contribution in [0.3, 0.4) is 0 Å². The Hall–Kier alpha value is -4.45. The summed E-state index contributed by atoms with van der Waals surface area (Å²) in [7, 11) is 0. The monoisotopic (exact) mass is 1400 g/mol. The van der Waals surface area contributed by atoms with E-state index in [0.717, 1.165) is 50.3 Å². The highest BCUT2D eigenvalue weighted by Crippen LogP contribution is 2.50. The topological polar surface area (TPSA) is 331 Å². The van der Waals surface area contributed by atoms with Crippen molar-refractivity contribution in [2.24, 2.45) is 37.5 Å². The number of amides is 2. The number of rotatable bonds is 24. The minimum Gasteiger partial charge on any atom is -0.462 e. The molecular formula is C55H91I2N4O19P. The van der Waals surface area contributed by atoms with Gasteiger partial charge in [0.25, 0.3) is 6.26 Å². The molecule has 464 valence electrons. The summed E-state index contributed by atoms with van der Waals surface area (Å²) in [6.07, 6.45) is 13.4. The molecule has 0 aromatic heterocycles. The second-order valence-electron chi connectivity index (χ2n) is 22.9. The first-order chi connectivity index (χ1) is 37.7. The molecule has 3 rings (SSSR count). The van der Waals surface area contributed by atoms with Crippen molar-refractivity contribution in [3.63, 3.8) is 0 Å². The van der Waals surface area contributed by atoms with Crippen molar-refractivity contribution in [2.45, 2.75) is 171 Å². The van der Waals surface area contributed by atoms with Crippen LogP contribution in [0.5, 0.6) is 0 Å². The van der Waals surface area contributed by atoms with Gasteiger partial charge in [-0.3, -0.25) is 20.1 Å². The molecule has 0 spiro atoms. The number of carbonyl (C=O) groups is 7. The number of esters is 5. The predicted molar refractivity (Wildman–Crippen MR) is 322 cm³/mol. The van der Waals surface area contributed by atoms with Gasteiger partial charge in [0.05, 0.1) is 14.4 Å². The Labute approximate surface area is 508 Å². The van der Waals surface area contributed by atoms with Crippen LogP contribution in [-0.2, 0) is 66.7 Å². The summed E-state index contributed by atoms with van der Waals surface area (Å²) in [6.45, 7) is 28.4. The van der Waals surface area contributed by atoms with Crippen LogP contribution in [0.1, 0.15) is 153 Å². The third kappa shape index (κ3) is 39.6. The van der Waals surface area contributed by atoms with Gasteiger partial charge in [-0.05, 0) is 147 Å². The van der Waals surface area contributed by atoms with Crippen molar-refractivity contribution < 1.29 is 91.9 Å². The fourth-order valence-electron chi connectivity index (χ4n) is 11.3. The maximum absolute atomic E-state index is 12.7. The summed E-state index contributed by atoms with van der Waals surface area (Å²) in [5, 5.41) is 34.5. The number of nitriles is 1. The van der Waals surface area contributed by atoms with E-state index in [1.165, 1.54) is 0 Å². The van der Waals surface area contributed by atoms with E-state index in [1.807, 2.05) is 0 Å². The SMILES string of the molecule is C.C=CC(=O)OCCO.C=CC(=O)OCCOC(=O)CCC1(C)CC(NC(=O)OCOC(=O)NC2CC(C)(C)CC(C)(CCC(=O)OCCOC(=O)C=C)C2)CC(C)(C)C1.CC1(C)CC(OC#N)CC(C)(CN=C=O)C1.OO.[2H]P(I)I. The zero-order valence-corrected chi connectivity index (χ0v) is 53.1. The number of carbonyl (C=O) groups excluding carboxylic acids is 8. The van der Waals surface area contributed by atoms with Crippen molar-refractivity contribution in [2.75, 3.05) is 53.0 Å². The second kappa shape index (κ2) is 42.4. The maximum atomic E-state index is 12.7. The Kier molecular flexibility index (Phi) is 41.1. The Morgan fingerprint density at radius 2 is 0.988 bits per heavy atom. The molecule has 6 unspecified atom stereocenters. The first-order valence-electron chi connectivity index (χ1n) is 26.2. The summed E-state index contributed by atoms with van der Waals surface area (Å²) in [5.41, 5.74) is -0.694. The van der Waals surface area contributed by atoms with E-state index in [0.29, 0.717) is 45.1 Å². The molecule has 81 heavy (non-hydrogen) atoms. The summed E-state index contributed by atoms with van der Waals surface area (Å²) in [6, 6.07) is -0.438. The highest BCUT2D eigenvalue weighted by Gasteiger charge is 2.44. The third-order valence-electron chi connectivity index (χ3n) is 12.9. The number of aliphatic imine (C=N–C) groups is 1. The zero-order chi connectivity index (χ0) is 62.5. The number of nitrogens with zero attached hydrogens (tertiary/aromatic N) is 2. The van der Waals surface area contributed by atoms with Gasteiger partial charge in [0.2, 0.25) is 12.9 Å². The zero-order valence-electron chi connectivity index (χ0n) is 48.9. The van der Waals surface area contributed by atoms with E-state index in [4.69, 9.17) is 55.3 Å². The van der Waals surface area contributed by atoms with E-state index in [-0.39, 0.29) is 111 Å². The Morgan fingerprint density at radius 3 is 1.35 bits per heavy atom. The quantitative estimate of drug-likeness (QED) is 0.00487. The molecule has 23 nitrogen and oxygen atoms in total. The molecule has 26 heteroatoms. The molecule has 2 amide bonds. The van der Waals surface area contributed by atoms with Crippen LogP contribution < -0.4 is 10.6 Å². The van der Waals surface area contributed by atoms with Crippen LogP contribution in [-0.4, -0.2) is 136 Å². The van der Waals surface area contributed by atoms with Gasteiger partial charge in [-0.1, -0.05) is 89.5 Å². The van der Waals surface area contributed by atoms with E-state index in [2.05, 4.69) is 146 Å². The lowest BCUT2D eigenvalue weighted by Gasteiger charge is -2.46. The molecule has 0 aromatic carbocycles. The normalized spacial score (nSPS) is 23.3. The van der Waals surface area contributed by atoms with Gasteiger partial charge in [0, 0.05) is 47.0 Å². The first-order valence-corrected chi connectivity index (χ1v) is 32.2. The molecule has 0 saturated heterocycles. The molecule has 0 aliphatic heterocycles. The van der Waals surface area contributed by atoms with Gasteiger partial charge in [-0.25, -0.2) is 33.8 Å². The summed E-state index contributed by atoms with van der Waals surface area (Å²) in [4.78, 5) is 96.2. The van der Waals surface area contributed by atoms with Gasteiger partial charge in [0.15, 0.2) is 0 Å². The van der Waals surface area contributed by atoms with Gasteiger partial charge >= 0.3 is 42.0 Å². The maximum Gasteiger partial charge on any atom is 0.410 e. The minimum atomic E-state index is -0.710. The molecule has 0 heterocycles. The van der Waals surface area contributed by atoms with Crippen LogP contribution in [0.2, 0.25) is 0 Å². The molecule has 3 saturated carbocycles. The molecule has 3 fully saturated rings. The Morgan fingerprint density at radius 1 is 0.630 bits per heavy atom. The van der Waals surface area contributed by atoms with Crippen molar-refractivity contribution in [1.82, 2.24) is 10.6 Å². The van der Waals surface area contributed by atoms with Gasteiger partial charge in [0.1, 0.15) is 39.1 Å². The van der Waals surface area contributed by atoms with Gasteiger partial charge in [-0.15, -0.1) is 0 Å². The van der Waals surface area contributed by atoms with E-state index in [9.17, 15) is 38.4 Å². The van der Waals surface area contributed by atoms with Crippen LogP contribution in [0.25, 0.3) is 0 Å². The number of ether oxygens (including phenoxy) is 8. The number of isocyanates is 1.